The second kappa shape index (κ2) is 7.27. The molecule has 0 spiro atoms. The molecule has 0 atom stereocenters. The molecule has 5 heteroatoms. The highest BCUT2D eigenvalue weighted by Crippen LogP contribution is 2.34. The summed E-state index contributed by atoms with van der Waals surface area (Å²) in [6.45, 7) is 1.94. The number of aromatic nitrogens is 2. The average Bonchev–Trinajstić information content (AvgIpc) is 3.23. The first-order chi connectivity index (χ1) is 12.8. The van der Waals surface area contributed by atoms with Gasteiger partial charge in [0.2, 0.25) is 0 Å². The van der Waals surface area contributed by atoms with Crippen molar-refractivity contribution in [3.8, 4) is 28.7 Å². The lowest BCUT2D eigenvalue weighted by molar-refractivity contribution is 0.949. The third-order valence-corrected chi connectivity index (χ3v) is 5.13. The van der Waals surface area contributed by atoms with Crippen molar-refractivity contribution in [2.75, 3.05) is 18.0 Å². The highest BCUT2D eigenvalue weighted by atomic mass is 79.9. The summed E-state index contributed by atoms with van der Waals surface area (Å²) in [4.78, 5) is 11.5. The van der Waals surface area contributed by atoms with E-state index in [9.17, 15) is 5.26 Å². The van der Waals surface area contributed by atoms with Crippen molar-refractivity contribution < 1.29 is 0 Å². The molecule has 0 N–H and O–H groups in total. The summed E-state index contributed by atoms with van der Waals surface area (Å²) in [6.07, 6.45) is 4.04. The number of anilines is 1. The van der Waals surface area contributed by atoms with Crippen LogP contribution in [0, 0.1) is 11.3 Å². The van der Waals surface area contributed by atoms with Gasteiger partial charge in [-0.2, -0.15) is 5.26 Å². The van der Waals surface area contributed by atoms with Crippen LogP contribution >= 0.6 is 15.9 Å². The van der Waals surface area contributed by atoms with Gasteiger partial charge in [0, 0.05) is 29.3 Å². The lowest BCUT2D eigenvalue weighted by Crippen LogP contribution is -2.19. The van der Waals surface area contributed by atoms with Gasteiger partial charge in [0.1, 0.15) is 17.3 Å². The fraction of sp³-hybridized carbons (Fsp3) is 0.190. The zero-order chi connectivity index (χ0) is 17.9. The minimum Gasteiger partial charge on any atom is -0.370 e. The van der Waals surface area contributed by atoms with E-state index < -0.39 is 0 Å². The van der Waals surface area contributed by atoms with Gasteiger partial charge in [0.15, 0.2) is 0 Å². The molecule has 0 aliphatic carbocycles. The minimum absolute atomic E-state index is 0.603. The van der Waals surface area contributed by atoms with E-state index in [1.807, 2.05) is 48.5 Å². The normalized spacial score (nSPS) is 13.6. The van der Waals surface area contributed by atoms with Gasteiger partial charge in [-0.1, -0.05) is 34.1 Å². The fourth-order valence-electron chi connectivity index (χ4n) is 3.31. The van der Waals surface area contributed by atoms with Gasteiger partial charge in [0.05, 0.1) is 17.1 Å². The lowest BCUT2D eigenvalue weighted by atomic mass is 10.0. The predicted octanol–water partition coefficient (Wildman–Crippen LogP) is 5.04. The van der Waals surface area contributed by atoms with Gasteiger partial charge >= 0.3 is 0 Å². The van der Waals surface area contributed by atoms with E-state index in [1.54, 1.807) is 6.20 Å². The van der Waals surface area contributed by atoms with Crippen LogP contribution in [0.1, 0.15) is 18.4 Å². The van der Waals surface area contributed by atoms with Crippen molar-refractivity contribution >= 4 is 21.6 Å². The quantitative estimate of drug-likeness (QED) is 0.612. The highest BCUT2D eigenvalue weighted by molar-refractivity contribution is 9.10. The summed E-state index contributed by atoms with van der Waals surface area (Å²) in [5, 5.41) is 9.87. The van der Waals surface area contributed by atoms with Crippen LogP contribution in [0.25, 0.3) is 22.6 Å². The van der Waals surface area contributed by atoms with E-state index in [2.05, 4.69) is 31.9 Å². The number of halogens is 1. The van der Waals surface area contributed by atoms with Gasteiger partial charge in [-0.05, 0) is 43.2 Å². The summed E-state index contributed by atoms with van der Waals surface area (Å²) in [6, 6.07) is 18.2. The van der Waals surface area contributed by atoms with Crippen molar-refractivity contribution in [2.45, 2.75) is 12.8 Å². The Morgan fingerprint density at radius 2 is 1.77 bits per heavy atom. The maximum Gasteiger partial charge on any atom is 0.109 e. The van der Waals surface area contributed by atoms with E-state index in [0.29, 0.717) is 11.3 Å². The summed E-state index contributed by atoms with van der Waals surface area (Å²) in [5.74, 6) is 0. The number of benzene rings is 1. The van der Waals surface area contributed by atoms with E-state index in [4.69, 9.17) is 4.98 Å². The Morgan fingerprint density at radius 1 is 1.00 bits per heavy atom. The highest BCUT2D eigenvalue weighted by Gasteiger charge is 2.22. The predicted molar refractivity (Wildman–Crippen MR) is 107 cm³/mol. The topological polar surface area (TPSA) is 52.8 Å². The minimum atomic E-state index is 0.603. The molecule has 0 radical (unpaired) electrons. The molecule has 3 heterocycles. The number of hydrogen-bond acceptors (Lipinski definition) is 4. The van der Waals surface area contributed by atoms with Crippen LogP contribution in [-0.2, 0) is 0 Å². The molecule has 3 aromatic rings. The third-order valence-electron chi connectivity index (χ3n) is 4.60. The van der Waals surface area contributed by atoms with Crippen LogP contribution in [0.2, 0.25) is 0 Å². The molecule has 1 saturated heterocycles. The summed E-state index contributed by atoms with van der Waals surface area (Å²) in [7, 11) is 0. The molecule has 0 bridgehead atoms. The lowest BCUT2D eigenvalue weighted by Gasteiger charge is -2.21. The number of nitrogens with zero attached hydrogens (tertiary/aromatic N) is 4. The largest absolute Gasteiger partial charge is 0.370 e. The molecule has 1 aliphatic rings. The zero-order valence-corrected chi connectivity index (χ0v) is 15.8. The first kappa shape index (κ1) is 16.7. The molecule has 26 heavy (non-hydrogen) atoms. The number of nitriles is 1. The van der Waals surface area contributed by atoms with Crippen molar-refractivity contribution in [1.29, 1.82) is 5.26 Å². The second-order valence-electron chi connectivity index (χ2n) is 6.28. The molecule has 128 valence electrons. The summed E-state index contributed by atoms with van der Waals surface area (Å²) in [5.41, 5.74) is 4.82. The van der Waals surface area contributed by atoms with Crippen molar-refractivity contribution in [2.24, 2.45) is 0 Å². The van der Waals surface area contributed by atoms with Crippen LogP contribution in [0.4, 0.5) is 5.69 Å². The van der Waals surface area contributed by atoms with E-state index >= 15 is 0 Å². The van der Waals surface area contributed by atoms with Crippen molar-refractivity contribution in [3.63, 3.8) is 0 Å². The smallest absolute Gasteiger partial charge is 0.109 e. The standard InChI is InChI=1S/C21H17BrN4/c22-16-8-6-15(7-9-16)19-13-20(26-11-3-4-12-26)17(14-23)21(25-19)18-5-1-2-10-24-18/h1-2,5-10,13H,3-4,11-12H2. The Morgan fingerprint density at radius 3 is 2.42 bits per heavy atom. The van der Waals surface area contributed by atoms with Gasteiger partial charge in [-0.25, -0.2) is 4.98 Å². The first-order valence-corrected chi connectivity index (χ1v) is 9.43. The maximum atomic E-state index is 9.87. The molecule has 0 unspecified atom stereocenters. The molecule has 1 aliphatic heterocycles. The van der Waals surface area contributed by atoms with E-state index in [0.717, 1.165) is 53.0 Å². The Kier molecular flexibility index (Phi) is 4.68. The van der Waals surface area contributed by atoms with E-state index in [1.165, 1.54) is 0 Å². The first-order valence-electron chi connectivity index (χ1n) is 8.64. The Labute approximate surface area is 161 Å². The van der Waals surface area contributed by atoms with Crippen LogP contribution < -0.4 is 4.90 Å². The van der Waals surface area contributed by atoms with Crippen LogP contribution in [0.5, 0.6) is 0 Å². The number of rotatable bonds is 3. The molecule has 1 fully saturated rings. The molecular weight excluding hydrogens is 388 g/mol. The molecule has 2 aromatic heterocycles. The molecule has 0 saturated carbocycles. The molecule has 1 aromatic carbocycles. The Bertz CT molecular complexity index is 956. The monoisotopic (exact) mass is 404 g/mol. The van der Waals surface area contributed by atoms with Gasteiger partial charge in [-0.15, -0.1) is 0 Å². The average molecular weight is 405 g/mol. The zero-order valence-electron chi connectivity index (χ0n) is 14.2. The van der Waals surface area contributed by atoms with Crippen molar-refractivity contribution in [3.05, 3.63) is 64.8 Å². The molecule has 0 amide bonds. The molecule has 4 nitrogen and oxygen atoms in total. The Hall–Kier alpha value is -2.71. The maximum absolute atomic E-state index is 9.87. The van der Waals surface area contributed by atoms with Gasteiger partial charge in [-0.3, -0.25) is 4.98 Å². The SMILES string of the molecule is N#Cc1c(N2CCCC2)cc(-c2ccc(Br)cc2)nc1-c1ccccn1. The van der Waals surface area contributed by atoms with Gasteiger partial charge in [0.25, 0.3) is 0 Å². The Balaban J connectivity index is 1.94. The summed E-state index contributed by atoms with van der Waals surface area (Å²) >= 11 is 3.48. The van der Waals surface area contributed by atoms with Gasteiger partial charge < -0.3 is 4.90 Å². The number of pyridine rings is 2. The molecule has 4 rings (SSSR count). The van der Waals surface area contributed by atoms with Crippen LogP contribution in [0.15, 0.2) is 59.2 Å². The van der Waals surface area contributed by atoms with E-state index in [-0.39, 0.29) is 0 Å². The third kappa shape index (κ3) is 3.21. The van der Waals surface area contributed by atoms with Crippen LogP contribution in [0.3, 0.4) is 0 Å². The fourth-order valence-corrected chi connectivity index (χ4v) is 3.57. The molecular formula is C21H17BrN4. The van der Waals surface area contributed by atoms with Crippen molar-refractivity contribution in [1.82, 2.24) is 9.97 Å². The summed E-state index contributed by atoms with van der Waals surface area (Å²) < 4.78 is 1.03. The number of hydrogen-bond donors (Lipinski definition) is 0. The van der Waals surface area contributed by atoms with Crippen LogP contribution in [-0.4, -0.2) is 23.1 Å². The second-order valence-corrected chi connectivity index (χ2v) is 7.19.